The highest BCUT2D eigenvalue weighted by molar-refractivity contribution is 7.99. The van der Waals surface area contributed by atoms with Gasteiger partial charge in [0.2, 0.25) is 5.91 Å². The Morgan fingerprint density at radius 3 is 2.81 bits per heavy atom. The quantitative estimate of drug-likeness (QED) is 0.491. The topological polar surface area (TPSA) is 64.0 Å². The summed E-state index contributed by atoms with van der Waals surface area (Å²) in [5, 5.41) is 4.37. The number of benzene rings is 1. The first-order chi connectivity index (χ1) is 13.1. The predicted octanol–water partition coefficient (Wildman–Crippen LogP) is 4.16. The van der Waals surface area contributed by atoms with Gasteiger partial charge in [0, 0.05) is 12.6 Å². The van der Waals surface area contributed by atoms with Gasteiger partial charge in [-0.1, -0.05) is 57.0 Å². The lowest BCUT2D eigenvalue weighted by Crippen LogP contribution is -2.31. The Balaban J connectivity index is 1.65. The molecule has 0 aliphatic heterocycles. The van der Waals surface area contributed by atoms with Crippen LogP contribution >= 0.6 is 11.8 Å². The standard InChI is InChI=1S/C21H29N3O2S/c1-3-5-8-15(4-2)13-22-19(25)14-27-21-23-18-10-7-6-9-17(18)20(26)24(21)16-11-12-16/h6-7,9-10,15-16H,3-5,8,11-14H2,1-2H3,(H,22,25)/t15-/m1/s1. The zero-order valence-corrected chi connectivity index (χ0v) is 17.1. The number of rotatable bonds is 10. The number of para-hydroxylation sites is 1. The molecule has 1 heterocycles. The van der Waals surface area contributed by atoms with E-state index in [1.165, 1.54) is 24.6 Å². The molecule has 0 spiro atoms. The van der Waals surface area contributed by atoms with Crippen molar-refractivity contribution in [1.82, 2.24) is 14.9 Å². The second-order valence-electron chi connectivity index (χ2n) is 7.33. The molecular weight excluding hydrogens is 358 g/mol. The molecule has 6 heteroatoms. The maximum atomic E-state index is 12.8. The maximum absolute atomic E-state index is 12.8. The third-order valence-electron chi connectivity index (χ3n) is 5.15. The van der Waals surface area contributed by atoms with Gasteiger partial charge in [-0.15, -0.1) is 0 Å². The van der Waals surface area contributed by atoms with E-state index in [0.29, 0.717) is 27.7 Å². The van der Waals surface area contributed by atoms with Crippen LogP contribution in [-0.2, 0) is 4.79 Å². The lowest BCUT2D eigenvalue weighted by Gasteiger charge is -2.15. The summed E-state index contributed by atoms with van der Waals surface area (Å²) in [6.45, 7) is 5.10. The summed E-state index contributed by atoms with van der Waals surface area (Å²) in [7, 11) is 0. The first kappa shape index (κ1) is 19.9. The van der Waals surface area contributed by atoms with E-state index in [1.807, 2.05) is 24.3 Å². The number of nitrogens with one attached hydrogen (secondary N) is 1. The van der Waals surface area contributed by atoms with Crippen molar-refractivity contribution in [3.8, 4) is 0 Å². The van der Waals surface area contributed by atoms with Crippen LogP contribution in [0.1, 0.15) is 58.4 Å². The zero-order chi connectivity index (χ0) is 19.2. The molecule has 5 nitrogen and oxygen atoms in total. The second-order valence-corrected chi connectivity index (χ2v) is 8.27. The van der Waals surface area contributed by atoms with Crippen LogP contribution in [0.5, 0.6) is 0 Å². The SMILES string of the molecule is CCCC[C@@H](CC)CNC(=O)CSc1nc2ccccc2c(=O)n1C1CC1. The van der Waals surface area contributed by atoms with Crippen molar-refractivity contribution in [2.24, 2.45) is 5.92 Å². The molecule has 1 amide bonds. The molecule has 146 valence electrons. The van der Waals surface area contributed by atoms with Crippen LogP contribution < -0.4 is 10.9 Å². The molecule has 0 radical (unpaired) electrons. The van der Waals surface area contributed by atoms with E-state index in [2.05, 4.69) is 24.1 Å². The van der Waals surface area contributed by atoms with E-state index in [4.69, 9.17) is 0 Å². The van der Waals surface area contributed by atoms with E-state index in [1.54, 1.807) is 4.57 Å². The number of thioether (sulfide) groups is 1. The fourth-order valence-corrected chi connectivity index (χ4v) is 4.16. The van der Waals surface area contributed by atoms with Gasteiger partial charge in [0.05, 0.1) is 16.7 Å². The number of aromatic nitrogens is 2. The number of hydrogen-bond donors (Lipinski definition) is 1. The fraction of sp³-hybridized carbons (Fsp3) is 0.571. The number of nitrogens with zero attached hydrogens (tertiary/aromatic N) is 2. The largest absolute Gasteiger partial charge is 0.355 e. The Hall–Kier alpha value is -1.82. The summed E-state index contributed by atoms with van der Waals surface area (Å²) >= 11 is 1.37. The molecular formula is C21H29N3O2S. The van der Waals surface area contributed by atoms with Gasteiger partial charge in [-0.25, -0.2) is 4.98 Å². The van der Waals surface area contributed by atoms with Crippen molar-refractivity contribution < 1.29 is 4.79 Å². The highest BCUT2D eigenvalue weighted by Crippen LogP contribution is 2.36. The Morgan fingerprint density at radius 2 is 2.11 bits per heavy atom. The monoisotopic (exact) mass is 387 g/mol. The lowest BCUT2D eigenvalue weighted by atomic mass is 9.99. The smallest absolute Gasteiger partial charge is 0.262 e. The van der Waals surface area contributed by atoms with Gasteiger partial charge < -0.3 is 5.32 Å². The van der Waals surface area contributed by atoms with E-state index < -0.39 is 0 Å². The molecule has 1 aromatic heterocycles. The first-order valence-electron chi connectivity index (χ1n) is 10.0. The predicted molar refractivity (Wildman–Crippen MR) is 111 cm³/mol. The molecule has 0 bridgehead atoms. The number of amides is 1. The fourth-order valence-electron chi connectivity index (χ4n) is 3.26. The molecule has 1 aromatic carbocycles. The average Bonchev–Trinajstić information content (AvgIpc) is 3.51. The summed E-state index contributed by atoms with van der Waals surface area (Å²) in [6.07, 6.45) is 6.66. The normalized spacial score (nSPS) is 15.0. The minimum Gasteiger partial charge on any atom is -0.355 e. The lowest BCUT2D eigenvalue weighted by molar-refractivity contribution is -0.118. The second kappa shape index (κ2) is 9.40. The summed E-state index contributed by atoms with van der Waals surface area (Å²) in [6, 6.07) is 7.67. The Labute approximate surface area is 164 Å². The van der Waals surface area contributed by atoms with Crippen LogP contribution in [0.15, 0.2) is 34.2 Å². The minimum atomic E-state index is 0.0108. The van der Waals surface area contributed by atoms with Gasteiger partial charge in [-0.3, -0.25) is 14.2 Å². The molecule has 1 aliphatic rings. The van der Waals surface area contributed by atoms with Gasteiger partial charge >= 0.3 is 0 Å². The molecule has 1 atom stereocenters. The number of fused-ring (bicyclic) bond motifs is 1. The molecule has 1 N–H and O–H groups in total. The third-order valence-corrected chi connectivity index (χ3v) is 6.10. The molecule has 2 aromatic rings. The minimum absolute atomic E-state index is 0.0108. The molecule has 1 aliphatic carbocycles. The Morgan fingerprint density at radius 1 is 1.33 bits per heavy atom. The highest BCUT2D eigenvalue weighted by atomic mass is 32.2. The van der Waals surface area contributed by atoms with Crippen molar-refractivity contribution >= 4 is 28.6 Å². The van der Waals surface area contributed by atoms with Gasteiger partial charge in [0.25, 0.3) is 5.56 Å². The maximum Gasteiger partial charge on any atom is 0.262 e. The zero-order valence-electron chi connectivity index (χ0n) is 16.2. The Kier molecular flexibility index (Phi) is 6.94. The van der Waals surface area contributed by atoms with Crippen LogP contribution in [0.4, 0.5) is 0 Å². The van der Waals surface area contributed by atoms with Crippen molar-refractivity contribution in [3.05, 3.63) is 34.6 Å². The third kappa shape index (κ3) is 5.12. The van der Waals surface area contributed by atoms with Crippen LogP contribution in [0.25, 0.3) is 10.9 Å². The van der Waals surface area contributed by atoms with Crippen LogP contribution in [0, 0.1) is 5.92 Å². The summed E-state index contributed by atoms with van der Waals surface area (Å²) in [5.41, 5.74) is 0.713. The van der Waals surface area contributed by atoms with E-state index in [0.717, 1.165) is 32.2 Å². The van der Waals surface area contributed by atoms with Gasteiger partial charge in [0.15, 0.2) is 5.16 Å². The molecule has 1 saturated carbocycles. The van der Waals surface area contributed by atoms with Crippen molar-refractivity contribution in [3.63, 3.8) is 0 Å². The number of hydrogen-bond acceptors (Lipinski definition) is 4. The molecule has 1 fully saturated rings. The van der Waals surface area contributed by atoms with E-state index >= 15 is 0 Å². The first-order valence-corrected chi connectivity index (χ1v) is 11.0. The van der Waals surface area contributed by atoms with Gasteiger partial charge in [-0.05, 0) is 37.3 Å². The average molecular weight is 388 g/mol. The molecule has 3 rings (SSSR count). The number of carbonyl (C=O) groups is 1. The summed E-state index contributed by atoms with van der Waals surface area (Å²) < 4.78 is 1.79. The highest BCUT2D eigenvalue weighted by Gasteiger charge is 2.28. The van der Waals surface area contributed by atoms with Crippen molar-refractivity contribution in [2.75, 3.05) is 12.3 Å². The van der Waals surface area contributed by atoms with Crippen molar-refractivity contribution in [2.45, 2.75) is 63.6 Å². The summed E-state index contributed by atoms with van der Waals surface area (Å²) in [4.78, 5) is 29.8. The molecule has 0 saturated heterocycles. The van der Waals surface area contributed by atoms with Crippen LogP contribution in [0.2, 0.25) is 0 Å². The number of carbonyl (C=O) groups excluding carboxylic acids is 1. The van der Waals surface area contributed by atoms with Crippen LogP contribution in [0.3, 0.4) is 0 Å². The van der Waals surface area contributed by atoms with Gasteiger partial charge in [0.1, 0.15) is 0 Å². The van der Waals surface area contributed by atoms with Crippen LogP contribution in [-0.4, -0.2) is 27.8 Å². The molecule has 27 heavy (non-hydrogen) atoms. The van der Waals surface area contributed by atoms with Gasteiger partial charge in [-0.2, -0.15) is 0 Å². The molecule has 0 unspecified atom stereocenters. The summed E-state index contributed by atoms with van der Waals surface area (Å²) in [5.74, 6) is 0.851. The Bertz CT molecular complexity index is 845. The number of unbranched alkanes of at least 4 members (excludes halogenated alkanes) is 1. The van der Waals surface area contributed by atoms with E-state index in [9.17, 15) is 9.59 Å². The van der Waals surface area contributed by atoms with Crippen molar-refractivity contribution in [1.29, 1.82) is 0 Å². The van der Waals surface area contributed by atoms with E-state index in [-0.39, 0.29) is 17.5 Å².